The van der Waals surface area contributed by atoms with E-state index in [1.165, 1.54) is 0 Å². The second-order valence-corrected chi connectivity index (χ2v) is 3.68. The van der Waals surface area contributed by atoms with Gasteiger partial charge in [-0.25, -0.2) is 0 Å². The van der Waals surface area contributed by atoms with Crippen LogP contribution < -0.4 is 5.73 Å². The van der Waals surface area contributed by atoms with Crippen molar-refractivity contribution in [1.29, 1.82) is 0 Å². The van der Waals surface area contributed by atoms with E-state index < -0.39 is 6.04 Å². The minimum Gasteiger partial charge on any atom is -0.460 e. The van der Waals surface area contributed by atoms with E-state index in [1.54, 1.807) is 0 Å². The third kappa shape index (κ3) is 5.42. The Morgan fingerprint density at radius 3 is 2.38 bits per heavy atom. The number of carbonyl (C=O) groups is 1. The van der Waals surface area contributed by atoms with Crippen LogP contribution in [0.15, 0.2) is 11.6 Å². The van der Waals surface area contributed by atoms with Crippen LogP contribution >= 0.6 is 0 Å². The molecule has 2 N–H and O–H groups in total. The predicted octanol–water partition coefficient (Wildman–Crippen LogP) is 1.48. The molecule has 76 valence electrons. The highest BCUT2D eigenvalue weighted by Gasteiger charge is 2.17. The average molecular weight is 185 g/mol. The highest BCUT2D eigenvalue weighted by molar-refractivity contribution is 5.75. The van der Waals surface area contributed by atoms with E-state index in [0.29, 0.717) is 6.61 Å². The molecule has 0 bridgehead atoms. The van der Waals surface area contributed by atoms with E-state index in [0.717, 1.165) is 5.57 Å². The molecule has 0 aliphatic carbocycles. The summed E-state index contributed by atoms with van der Waals surface area (Å²) in [7, 11) is 0. The van der Waals surface area contributed by atoms with Crippen LogP contribution in [0.5, 0.6) is 0 Å². The number of esters is 1. The zero-order valence-electron chi connectivity index (χ0n) is 8.83. The van der Waals surface area contributed by atoms with Gasteiger partial charge in [0.2, 0.25) is 0 Å². The largest absolute Gasteiger partial charge is 0.460 e. The van der Waals surface area contributed by atoms with Crippen molar-refractivity contribution < 1.29 is 9.53 Å². The molecule has 0 aromatic rings. The van der Waals surface area contributed by atoms with Gasteiger partial charge in [0.1, 0.15) is 12.6 Å². The molecular weight excluding hydrogens is 166 g/mol. The molecular formula is C10H19NO2. The zero-order valence-corrected chi connectivity index (χ0v) is 8.83. The number of nitrogens with two attached hydrogens (primary N) is 1. The maximum absolute atomic E-state index is 11.2. The average Bonchev–Trinajstić information content (AvgIpc) is 2.02. The fourth-order valence-electron chi connectivity index (χ4n) is 0.659. The molecule has 0 heterocycles. The predicted molar refractivity (Wildman–Crippen MR) is 53.2 cm³/mol. The van der Waals surface area contributed by atoms with Gasteiger partial charge in [-0.1, -0.05) is 19.4 Å². The van der Waals surface area contributed by atoms with Gasteiger partial charge in [-0.05, 0) is 25.8 Å². The summed E-state index contributed by atoms with van der Waals surface area (Å²) in [5.74, 6) is -0.202. The molecule has 0 saturated carbocycles. The van der Waals surface area contributed by atoms with Crippen LogP contribution in [0.2, 0.25) is 0 Å². The van der Waals surface area contributed by atoms with E-state index in [1.807, 2.05) is 33.8 Å². The lowest BCUT2D eigenvalue weighted by Gasteiger charge is -2.13. The van der Waals surface area contributed by atoms with Crippen molar-refractivity contribution >= 4 is 5.97 Å². The van der Waals surface area contributed by atoms with Crippen molar-refractivity contribution in [2.45, 2.75) is 33.7 Å². The third-order valence-corrected chi connectivity index (χ3v) is 1.71. The first-order valence-corrected chi connectivity index (χ1v) is 4.50. The van der Waals surface area contributed by atoms with Crippen LogP contribution in [0, 0.1) is 5.92 Å². The van der Waals surface area contributed by atoms with E-state index >= 15 is 0 Å². The molecule has 0 aliphatic rings. The maximum atomic E-state index is 11.2. The first-order chi connectivity index (χ1) is 5.95. The van der Waals surface area contributed by atoms with Crippen LogP contribution in [0.25, 0.3) is 0 Å². The molecule has 0 spiro atoms. The molecule has 0 radical (unpaired) electrons. The van der Waals surface area contributed by atoms with Crippen molar-refractivity contribution in [1.82, 2.24) is 0 Å². The van der Waals surface area contributed by atoms with Crippen molar-refractivity contribution in [2.24, 2.45) is 11.7 Å². The van der Waals surface area contributed by atoms with Gasteiger partial charge in [0, 0.05) is 0 Å². The SMILES string of the molecule is CC(C)=CCOC(=O)[C@@H](N)C(C)C. The highest BCUT2D eigenvalue weighted by Crippen LogP contribution is 2.00. The van der Waals surface area contributed by atoms with Crippen molar-refractivity contribution in [2.75, 3.05) is 6.61 Å². The lowest BCUT2D eigenvalue weighted by Crippen LogP contribution is -2.37. The van der Waals surface area contributed by atoms with Gasteiger partial charge in [0.05, 0.1) is 0 Å². The molecule has 0 amide bonds. The number of rotatable bonds is 4. The first-order valence-electron chi connectivity index (χ1n) is 4.50. The quantitative estimate of drug-likeness (QED) is 0.533. The van der Waals surface area contributed by atoms with Gasteiger partial charge < -0.3 is 10.5 Å². The number of hydrogen-bond donors (Lipinski definition) is 1. The molecule has 13 heavy (non-hydrogen) atoms. The Hall–Kier alpha value is -0.830. The lowest BCUT2D eigenvalue weighted by atomic mass is 10.1. The van der Waals surface area contributed by atoms with Crippen LogP contribution in [0.1, 0.15) is 27.7 Å². The second kappa shape index (κ2) is 5.75. The van der Waals surface area contributed by atoms with Crippen LogP contribution in [-0.4, -0.2) is 18.6 Å². The number of allylic oxidation sites excluding steroid dienone is 1. The number of carbonyl (C=O) groups excluding carboxylic acids is 1. The van der Waals surface area contributed by atoms with Gasteiger partial charge in [0.25, 0.3) is 0 Å². The van der Waals surface area contributed by atoms with Crippen LogP contribution in [0.4, 0.5) is 0 Å². The minimum atomic E-state index is -0.509. The van der Waals surface area contributed by atoms with Gasteiger partial charge in [-0.3, -0.25) is 4.79 Å². The van der Waals surface area contributed by atoms with Crippen molar-refractivity contribution in [3.8, 4) is 0 Å². The van der Waals surface area contributed by atoms with E-state index in [4.69, 9.17) is 10.5 Å². The Bertz CT molecular complexity index is 193. The second-order valence-electron chi connectivity index (χ2n) is 3.68. The molecule has 3 nitrogen and oxygen atoms in total. The first kappa shape index (κ1) is 12.2. The fourth-order valence-corrected chi connectivity index (χ4v) is 0.659. The van der Waals surface area contributed by atoms with E-state index in [-0.39, 0.29) is 11.9 Å². The van der Waals surface area contributed by atoms with E-state index in [2.05, 4.69) is 0 Å². The molecule has 1 atom stereocenters. The third-order valence-electron chi connectivity index (χ3n) is 1.71. The molecule has 0 fully saturated rings. The van der Waals surface area contributed by atoms with Crippen molar-refractivity contribution in [3.05, 3.63) is 11.6 Å². The molecule has 0 saturated heterocycles. The molecule has 0 rings (SSSR count). The zero-order chi connectivity index (χ0) is 10.4. The molecule has 0 aromatic heterocycles. The van der Waals surface area contributed by atoms with Crippen molar-refractivity contribution in [3.63, 3.8) is 0 Å². The molecule has 0 aromatic carbocycles. The smallest absolute Gasteiger partial charge is 0.323 e. The summed E-state index contributed by atoms with van der Waals surface area (Å²) in [6.45, 7) is 8.02. The van der Waals surface area contributed by atoms with Gasteiger partial charge in [-0.2, -0.15) is 0 Å². The minimum absolute atomic E-state index is 0.124. The molecule has 0 aliphatic heterocycles. The highest BCUT2D eigenvalue weighted by atomic mass is 16.5. The molecule has 3 heteroatoms. The number of ether oxygens (including phenoxy) is 1. The van der Waals surface area contributed by atoms with E-state index in [9.17, 15) is 4.79 Å². The monoisotopic (exact) mass is 185 g/mol. The topological polar surface area (TPSA) is 52.3 Å². The lowest BCUT2D eigenvalue weighted by molar-refractivity contribution is -0.145. The summed E-state index contributed by atoms with van der Waals surface area (Å²) >= 11 is 0. The Labute approximate surface area is 79.9 Å². The Morgan fingerprint density at radius 1 is 1.46 bits per heavy atom. The Kier molecular flexibility index (Phi) is 5.39. The van der Waals surface area contributed by atoms with Gasteiger partial charge >= 0.3 is 5.97 Å². The van der Waals surface area contributed by atoms with Gasteiger partial charge in [-0.15, -0.1) is 0 Å². The molecule has 0 unspecified atom stereocenters. The summed E-state index contributed by atoms with van der Waals surface area (Å²) in [5.41, 5.74) is 6.71. The van der Waals surface area contributed by atoms with Crippen LogP contribution in [0.3, 0.4) is 0 Å². The Balaban J connectivity index is 3.82. The normalized spacial score (nSPS) is 12.5. The summed E-state index contributed by atoms with van der Waals surface area (Å²) in [6, 6.07) is -0.509. The summed E-state index contributed by atoms with van der Waals surface area (Å²) in [4.78, 5) is 11.2. The van der Waals surface area contributed by atoms with Gasteiger partial charge in [0.15, 0.2) is 0 Å². The fraction of sp³-hybridized carbons (Fsp3) is 0.700. The number of hydrogen-bond acceptors (Lipinski definition) is 3. The van der Waals surface area contributed by atoms with Crippen LogP contribution in [-0.2, 0) is 9.53 Å². The summed E-state index contributed by atoms with van der Waals surface area (Å²) in [6.07, 6.45) is 1.85. The summed E-state index contributed by atoms with van der Waals surface area (Å²) < 4.78 is 4.94. The Morgan fingerprint density at radius 2 is 2.00 bits per heavy atom. The standard InChI is InChI=1S/C10H19NO2/c1-7(2)5-6-13-10(12)9(11)8(3)4/h5,8-9H,6,11H2,1-4H3/t9-/m0/s1. The maximum Gasteiger partial charge on any atom is 0.323 e. The summed E-state index contributed by atoms with van der Waals surface area (Å²) in [5, 5.41) is 0.